The van der Waals surface area contributed by atoms with Crippen LogP contribution in [0.1, 0.15) is 12.5 Å². The first-order valence-electron chi connectivity index (χ1n) is 9.06. The topological polar surface area (TPSA) is 82.0 Å². The lowest BCUT2D eigenvalue weighted by Gasteiger charge is -2.12. The summed E-state index contributed by atoms with van der Waals surface area (Å²) in [4.78, 5) is 16.0. The maximum Gasteiger partial charge on any atom is 0.344 e. The van der Waals surface area contributed by atoms with Crippen molar-refractivity contribution in [3.05, 3.63) is 58.4 Å². The number of ether oxygens (including phenoxy) is 3. The van der Waals surface area contributed by atoms with E-state index in [1.54, 1.807) is 25.3 Å². The van der Waals surface area contributed by atoms with Crippen LogP contribution in [0.2, 0.25) is 5.02 Å². The van der Waals surface area contributed by atoms with Crippen LogP contribution in [0.4, 0.5) is 5.13 Å². The zero-order chi connectivity index (χ0) is 21.3. The van der Waals surface area contributed by atoms with Gasteiger partial charge in [-0.05, 0) is 24.6 Å². The van der Waals surface area contributed by atoms with Gasteiger partial charge in [-0.2, -0.15) is 5.10 Å². The first-order chi connectivity index (χ1) is 14.6. The van der Waals surface area contributed by atoms with Crippen LogP contribution in [0.5, 0.6) is 11.5 Å². The number of nitrogens with one attached hydrogen (secondary N) is 1. The molecule has 30 heavy (non-hydrogen) atoms. The Balaban J connectivity index is 1.66. The van der Waals surface area contributed by atoms with E-state index in [0.717, 1.165) is 11.3 Å². The molecule has 1 aromatic heterocycles. The van der Waals surface area contributed by atoms with Crippen LogP contribution in [0, 0.1) is 0 Å². The number of nitrogens with zero attached hydrogens (tertiary/aromatic N) is 2. The zero-order valence-electron chi connectivity index (χ0n) is 16.4. The maximum absolute atomic E-state index is 11.5. The summed E-state index contributed by atoms with van der Waals surface area (Å²) in [5.41, 5.74) is 5.52. The number of carbonyl (C=O) groups excluding carboxylic acids is 1. The molecule has 0 atom stereocenters. The van der Waals surface area contributed by atoms with Crippen LogP contribution < -0.4 is 14.9 Å². The quantitative estimate of drug-likeness (QED) is 0.288. The van der Waals surface area contributed by atoms with E-state index in [1.165, 1.54) is 18.4 Å². The molecule has 0 aliphatic heterocycles. The average Bonchev–Trinajstić information content (AvgIpc) is 3.22. The molecule has 0 radical (unpaired) electrons. The Labute approximate surface area is 183 Å². The van der Waals surface area contributed by atoms with Crippen molar-refractivity contribution < 1.29 is 19.0 Å². The van der Waals surface area contributed by atoms with Crippen LogP contribution in [0.25, 0.3) is 11.3 Å². The summed E-state index contributed by atoms with van der Waals surface area (Å²) in [5.74, 6) is 0.169. The van der Waals surface area contributed by atoms with Crippen LogP contribution in [-0.2, 0) is 9.53 Å². The molecule has 1 N–H and O–H groups in total. The first kappa shape index (κ1) is 21.6. The van der Waals surface area contributed by atoms with Crippen molar-refractivity contribution >= 4 is 40.3 Å². The van der Waals surface area contributed by atoms with E-state index >= 15 is 0 Å². The van der Waals surface area contributed by atoms with E-state index in [-0.39, 0.29) is 19.0 Å². The number of carbonyl (C=O) groups is 1. The number of esters is 1. The fraction of sp³-hybridized carbons (Fsp3) is 0.190. The highest BCUT2D eigenvalue weighted by atomic mass is 35.5. The van der Waals surface area contributed by atoms with Crippen molar-refractivity contribution in [3.8, 4) is 22.8 Å². The lowest BCUT2D eigenvalue weighted by Crippen LogP contribution is -2.15. The molecular formula is C21H20ClN3O4S. The summed E-state index contributed by atoms with van der Waals surface area (Å²) in [6.45, 7) is 1.75. The third kappa shape index (κ3) is 5.71. The van der Waals surface area contributed by atoms with Gasteiger partial charge in [0.2, 0.25) is 5.13 Å². The van der Waals surface area contributed by atoms with Gasteiger partial charge in [-0.25, -0.2) is 9.78 Å². The molecule has 0 aliphatic carbocycles. The molecule has 0 bridgehead atoms. The number of rotatable bonds is 9. The highest BCUT2D eigenvalue weighted by molar-refractivity contribution is 7.14. The minimum absolute atomic E-state index is 0.257. The smallest absolute Gasteiger partial charge is 0.344 e. The number of hydrogen-bond donors (Lipinski definition) is 1. The largest absolute Gasteiger partial charge is 0.493 e. The highest BCUT2D eigenvalue weighted by Gasteiger charge is 2.14. The molecule has 3 aromatic rings. The van der Waals surface area contributed by atoms with Gasteiger partial charge in [-0.15, -0.1) is 11.3 Å². The second kappa shape index (κ2) is 10.6. The third-order valence-electron chi connectivity index (χ3n) is 3.84. The highest BCUT2D eigenvalue weighted by Crippen LogP contribution is 2.36. The Hall–Kier alpha value is -3.10. The predicted octanol–water partition coefficient (Wildman–Crippen LogP) is 4.86. The summed E-state index contributed by atoms with van der Waals surface area (Å²) in [6, 6.07) is 13.3. The van der Waals surface area contributed by atoms with Gasteiger partial charge in [-0.1, -0.05) is 41.9 Å². The Morgan fingerprint density at radius 2 is 2.10 bits per heavy atom. The van der Waals surface area contributed by atoms with Crippen molar-refractivity contribution in [1.29, 1.82) is 0 Å². The van der Waals surface area contributed by atoms with Gasteiger partial charge in [0.05, 0.1) is 30.6 Å². The molecule has 0 amide bonds. The van der Waals surface area contributed by atoms with Crippen molar-refractivity contribution in [2.75, 3.05) is 25.7 Å². The fourth-order valence-corrected chi connectivity index (χ4v) is 3.46. The number of anilines is 1. The summed E-state index contributed by atoms with van der Waals surface area (Å²) in [5, 5.41) is 7.13. The van der Waals surface area contributed by atoms with Gasteiger partial charge < -0.3 is 14.2 Å². The SMILES string of the molecule is CCOC(=O)COc1c(Cl)cc(C=NNc2nc(-c3ccccc3)cs2)cc1OC. The van der Waals surface area contributed by atoms with Crippen molar-refractivity contribution in [1.82, 2.24) is 4.98 Å². The molecule has 156 valence electrons. The molecule has 0 spiro atoms. The summed E-state index contributed by atoms with van der Waals surface area (Å²) in [7, 11) is 1.49. The summed E-state index contributed by atoms with van der Waals surface area (Å²) >= 11 is 7.75. The van der Waals surface area contributed by atoms with Crippen molar-refractivity contribution in [2.45, 2.75) is 6.92 Å². The van der Waals surface area contributed by atoms with Crippen LogP contribution in [0.3, 0.4) is 0 Å². The number of benzene rings is 2. The van der Waals surface area contributed by atoms with Gasteiger partial charge in [0.1, 0.15) is 0 Å². The molecule has 0 saturated carbocycles. The Kier molecular flexibility index (Phi) is 7.64. The van der Waals surface area contributed by atoms with Crippen molar-refractivity contribution in [2.24, 2.45) is 5.10 Å². The predicted molar refractivity (Wildman–Crippen MR) is 119 cm³/mol. The molecule has 9 heteroatoms. The maximum atomic E-state index is 11.5. The zero-order valence-corrected chi connectivity index (χ0v) is 18.0. The Bertz CT molecular complexity index is 1020. The van der Waals surface area contributed by atoms with E-state index in [1.807, 2.05) is 35.7 Å². The van der Waals surface area contributed by atoms with Gasteiger partial charge in [-0.3, -0.25) is 5.43 Å². The molecule has 0 saturated heterocycles. The third-order valence-corrected chi connectivity index (χ3v) is 4.87. The van der Waals surface area contributed by atoms with Crippen LogP contribution in [0.15, 0.2) is 52.9 Å². The average molecular weight is 446 g/mol. The first-order valence-corrected chi connectivity index (χ1v) is 10.3. The number of methoxy groups -OCH3 is 1. The Morgan fingerprint density at radius 3 is 2.83 bits per heavy atom. The standard InChI is InChI=1S/C21H20ClN3O4S/c1-3-28-19(26)12-29-20-16(22)9-14(10-18(20)27-2)11-23-25-21-24-17(13-30-21)15-7-5-4-6-8-15/h4-11,13H,3,12H2,1-2H3,(H,24,25). The van der Waals surface area contributed by atoms with E-state index in [2.05, 4.69) is 15.5 Å². The normalized spacial score (nSPS) is 10.8. The van der Waals surface area contributed by atoms with E-state index in [0.29, 0.717) is 21.5 Å². The molecule has 1 heterocycles. The lowest BCUT2D eigenvalue weighted by molar-refractivity contribution is -0.145. The monoisotopic (exact) mass is 445 g/mol. The van der Waals surface area contributed by atoms with Crippen molar-refractivity contribution in [3.63, 3.8) is 0 Å². The second-order valence-electron chi connectivity index (χ2n) is 5.90. The molecule has 0 fully saturated rings. The lowest BCUT2D eigenvalue weighted by atomic mass is 10.2. The van der Waals surface area contributed by atoms with Crippen LogP contribution >= 0.6 is 22.9 Å². The van der Waals surface area contributed by atoms with Gasteiger partial charge >= 0.3 is 5.97 Å². The molecule has 7 nitrogen and oxygen atoms in total. The number of thiazole rings is 1. The van der Waals surface area contributed by atoms with E-state index < -0.39 is 5.97 Å². The molecule has 0 aliphatic rings. The van der Waals surface area contributed by atoms with Gasteiger partial charge in [0.25, 0.3) is 0 Å². The Morgan fingerprint density at radius 1 is 1.30 bits per heavy atom. The van der Waals surface area contributed by atoms with Gasteiger partial charge in [0, 0.05) is 10.9 Å². The van der Waals surface area contributed by atoms with E-state index in [4.69, 9.17) is 25.8 Å². The fourth-order valence-electron chi connectivity index (χ4n) is 2.52. The number of halogens is 1. The minimum Gasteiger partial charge on any atom is -0.493 e. The molecule has 2 aromatic carbocycles. The minimum atomic E-state index is -0.483. The number of hydrogen-bond acceptors (Lipinski definition) is 8. The number of aromatic nitrogens is 1. The summed E-state index contributed by atoms with van der Waals surface area (Å²) in [6.07, 6.45) is 1.59. The van der Waals surface area contributed by atoms with E-state index in [9.17, 15) is 4.79 Å². The summed E-state index contributed by atoms with van der Waals surface area (Å²) < 4.78 is 15.6. The molecule has 3 rings (SSSR count). The molecule has 0 unspecified atom stereocenters. The van der Waals surface area contributed by atoms with Crippen LogP contribution in [-0.4, -0.2) is 37.5 Å². The molecular weight excluding hydrogens is 426 g/mol. The van der Waals surface area contributed by atoms with Gasteiger partial charge in [0.15, 0.2) is 18.1 Å². The second-order valence-corrected chi connectivity index (χ2v) is 7.17. The number of hydrazone groups is 1.